The van der Waals surface area contributed by atoms with Gasteiger partial charge in [0.15, 0.2) is 5.13 Å². The van der Waals surface area contributed by atoms with Gasteiger partial charge in [-0.25, -0.2) is 4.98 Å². The summed E-state index contributed by atoms with van der Waals surface area (Å²) in [6.45, 7) is 3.92. The van der Waals surface area contributed by atoms with Crippen molar-refractivity contribution in [3.8, 4) is 5.75 Å². The van der Waals surface area contributed by atoms with Gasteiger partial charge in [0.2, 0.25) is 0 Å². The van der Waals surface area contributed by atoms with Crippen molar-refractivity contribution in [1.82, 2.24) is 9.55 Å². The van der Waals surface area contributed by atoms with Crippen LogP contribution >= 0.6 is 11.3 Å². The molecular formula is C16H17N3O2S. The number of benzene rings is 1. The van der Waals surface area contributed by atoms with Crippen LogP contribution in [-0.2, 0) is 7.05 Å². The molecular weight excluding hydrogens is 298 g/mol. The van der Waals surface area contributed by atoms with Gasteiger partial charge in [0.1, 0.15) is 5.75 Å². The van der Waals surface area contributed by atoms with Crippen LogP contribution in [0.15, 0.2) is 24.3 Å². The van der Waals surface area contributed by atoms with Gasteiger partial charge < -0.3 is 9.30 Å². The minimum Gasteiger partial charge on any atom is -0.497 e. The number of aryl methyl sites for hydroxylation is 1. The second-order valence-corrected chi connectivity index (χ2v) is 6.18. The van der Waals surface area contributed by atoms with Gasteiger partial charge >= 0.3 is 0 Å². The van der Waals surface area contributed by atoms with Crippen LogP contribution in [0.5, 0.6) is 5.75 Å². The maximum Gasteiger partial charge on any atom is 0.259 e. The molecule has 1 amide bonds. The van der Waals surface area contributed by atoms with Crippen molar-refractivity contribution in [2.75, 3.05) is 12.4 Å². The third-order valence-corrected chi connectivity index (χ3v) is 4.77. The van der Waals surface area contributed by atoms with Crippen LogP contribution in [-0.4, -0.2) is 22.6 Å². The van der Waals surface area contributed by atoms with Crippen molar-refractivity contribution in [1.29, 1.82) is 0 Å². The number of fused-ring (bicyclic) bond motifs is 1. The molecule has 0 aliphatic carbocycles. The summed E-state index contributed by atoms with van der Waals surface area (Å²) in [5.41, 5.74) is 3.52. The molecule has 3 aromatic rings. The minimum atomic E-state index is -0.132. The Morgan fingerprint density at radius 2 is 2.09 bits per heavy atom. The standard InChI is InChI=1S/C16H17N3O2S/c1-9-7-12(10(2)19(9)3)15(20)18-16-17-13-6-5-11(21-4)8-14(13)22-16/h5-8H,1-4H3,(H,17,18,20). The summed E-state index contributed by atoms with van der Waals surface area (Å²) in [5.74, 6) is 0.649. The fourth-order valence-corrected chi connectivity index (χ4v) is 3.22. The molecule has 0 fully saturated rings. The van der Waals surface area contributed by atoms with Crippen LogP contribution in [0.3, 0.4) is 0 Å². The predicted octanol–water partition coefficient (Wildman–Crippen LogP) is 3.51. The van der Waals surface area contributed by atoms with Crippen LogP contribution in [0.4, 0.5) is 5.13 Å². The third-order valence-electron chi connectivity index (χ3n) is 3.84. The zero-order chi connectivity index (χ0) is 15.9. The summed E-state index contributed by atoms with van der Waals surface area (Å²) in [4.78, 5) is 16.9. The SMILES string of the molecule is COc1ccc2nc(NC(=O)c3cc(C)n(C)c3C)sc2c1. The first-order valence-corrected chi connectivity index (χ1v) is 7.70. The second kappa shape index (κ2) is 5.46. The smallest absolute Gasteiger partial charge is 0.259 e. The van der Waals surface area contributed by atoms with Gasteiger partial charge in [-0.3, -0.25) is 10.1 Å². The largest absolute Gasteiger partial charge is 0.497 e. The number of aromatic nitrogens is 2. The van der Waals surface area contributed by atoms with E-state index in [1.165, 1.54) is 11.3 Å². The molecule has 114 valence electrons. The van der Waals surface area contributed by atoms with Gasteiger partial charge in [0, 0.05) is 18.4 Å². The van der Waals surface area contributed by atoms with Crippen molar-refractivity contribution >= 4 is 32.6 Å². The average Bonchev–Trinajstić information content (AvgIpc) is 3.01. The summed E-state index contributed by atoms with van der Waals surface area (Å²) in [6, 6.07) is 7.55. The summed E-state index contributed by atoms with van der Waals surface area (Å²) in [7, 11) is 3.58. The molecule has 0 saturated carbocycles. The third kappa shape index (κ3) is 2.46. The number of methoxy groups -OCH3 is 1. The number of nitrogens with zero attached hydrogens (tertiary/aromatic N) is 2. The van der Waals surface area contributed by atoms with E-state index < -0.39 is 0 Å². The van der Waals surface area contributed by atoms with E-state index in [9.17, 15) is 4.79 Å². The minimum absolute atomic E-state index is 0.132. The van der Waals surface area contributed by atoms with Crippen LogP contribution < -0.4 is 10.1 Å². The van der Waals surface area contributed by atoms with E-state index >= 15 is 0 Å². The average molecular weight is 315 g/mol. The second-order valence-electron chi connectivity index (χ2n) is 5.15. The maximum absolute atomic E-state index is 12.4. The lowest BCUT2D eigenvalue weighted by atomic mass is 10.2. The molecule has 0 aliphatic rings. The highest BCUT2D eigenvalue weighted by molar-refractivity contribution is 7.22. The van der Waals surface area contributed by atoms with Crippen molar-refractivity contribution in [2.45, 2.75) is 13.8 Å². The Kier molecular flexibility index (Phi) is 3.62. The first-order chi connectivity index (χ1) is 10.5. The van der Waals surface area contributed by atoms with Crippen LogP contribution in [0.1, 0.15) is 21.7 Å². The molecule has 0 bridgehead atoms. The number of nitrogens with one attached hydrogen (secondary N) is 1. The van der Waals surface area contributed by atoms with Gasteiger partial charge in [0.05, 0.1) is 22.9 Å². The van der Waals surface area contributed by atoms with Crippen molar-refractivity contribution in [3.63, 3.8) is 0 Å². The molecule has 2 heterocycles. The van der Waals surface area contributed by atoms with Gasteiger partial charge in [-0.05, 0) is 38.1 Å². The molecule has 2 aromatic heterocycles. The number of hydrogen-bond acceptors (Lipinski definition) is 4. The van der Waals surface area contributed by atoms with E-state index in [1.54, 1.807) is 7.11 Å². The van der Waals surface area contributed by atoms with E-state index in [2.05, 4.69) is 10.3 Å². The van der Waals surface area contributed by atoms with Crippen LogP contribution in [0.25, 0.3) is 10.2 Å². The summed E-state index contributed by atoms with van der Waals surface area (Å²) < 4.78 is 8.18. The lowest BCUT2D eigenvalue weighted by Crippen LogP contribution is -2.12. The van der Waals surface area contributed by atoms with E-state index in [1.807, 2.05) is 49.7 Å². The number of thiazole rings is 1. The number of hydrogen-bond donors (Lipinski definition) is 1. The predicted molar refractivity (Wildman–Crippen MR) is 89.0 cm³/mol. The maximum atomic E-state index is 12.4. The Labute approximate surface area is 132 Å². The van der Waals surface area contributed by atoms with E-state index in [0.717, 1.165) is 27.4 Å². The van der Waals surface area contributed by atoms with Crippen molar-refractivity contribution < 1.29 is 9.53 Å². The van der Waals surface area contributed by atoms with Gasteiger partial charge in [-0.1, -0.05) is 11.3 Å². The van der Waals surface area contributed by atoms with E-state index in [4.69, 9.17) is 4.74 Å². The monoisotopic (exact) mass is 315 g/mol. The quantitative estimate of drug-likeness (QED) is 0.804. The number of ether oxygens (including phenoxy) is 1. The normalized spacial score (nSPS) is 10.9. The Balaban J connectivity index is 1.89. The molecule has 0 unspecified atom stereocenters. The van der Waals surface area contributed by atoms with Gasteiger partial charge in [-0.15, -0.1) is 0 Å². The molecule has 1 aromatic carbocycles. The van der Waals surface area contributed by atoms with Crippen molar-refractivity contribution in [2.24, 2.45) is 7.05 Å². The Morgan fingerprint density at radius 1 is 1.32 bits per heavy atom. The summed E-state index contributed by atoms with van der Waals surface area (Å²) in [6.07, 6.45) is 0. The van der Waals surface area contributed by atoms with Crippen LogP contribution in [0.2, 0.25) is 0 Å². The number of carbonyl (C=O) groups is 1. The highest BCUT2D eigenvalue weighted by Gasteiger charge is 2.16. The van der Waals surface area contributed by atoms with Gasteiger partial charge in [0.25, 0.3) is 5.91 Å². The van der Waals surface area contributed by atoms with Crippen LogP contribution in [0, 0.1) is 13.8 Å². The fraction of sp³-hybridized carbons (Fsp3) is 0.250. The molecule has 22 heavy (non-hydrogen) atoms. The Hall–Kier alpha value is -2.34. The molecule has 0 spiro atoms. The zero-order valence-electron chi connectivity index (χ0n) is 12.9. The first kappa shape index (κ1) is 14.6. The van der Waals surface area contributed by atoms with E-state index in [-0.39, 0.29) is 5.91 Å². The summed E-state index contributed by atoms with van der Waals surface area (Å²) in [5, 5.41) is 3.47. The number of amides is 1. The zero-order valence-corrected chi connectivity index (χ0v) is 13.7. The van der Waals surface area contributed by atoms with Crippen molar-refractivity contribution in [3.05, 3.63) is 41.2 Å². The number of rotatable bonds is 3. The summed E-state index contributed by atoms with van der Waals surface area (Å²) >= 11 is 1.44. The molecule has 6 heteroatoms. The van der Waals surface area contributed by atoms with Gasteiger partial charge in [-0.2, -0.15) is 0 Å². The fourth-order valence-electron chi connectivity index (χ4n) is 2.34. The Morgan fingerprint density at radius 3 is 2.73 bits per heavy atom. The molecule has 1 N–H and O–H groups in total. The lowest BCUT2D eigenvalue weighted by Gasteiger charge is -2.02. The topological polar surface area (TPSA) is 56.1 Å². The molecule has 0 saturated heterocycles. The molecule has 5 nitrogen and oxygen atoms in total. The molecule has 0 aliphatic heterocycles. The molecule has 0 radical (unpaired) electrons. The molecule has 0 atom stereocenters. The lowest BCUT2D eigenvalue weighted by molar-refractivity contribution is 0.102. The number of anilines is 1. The molecule has 3 rings (SSSR count). The van der Waals surface area contributed by atoms with E-state index in [0.29, 0.717) is 10.7 Å². The highest BCUT2D eigenvalue weighted by atomic mass is 32.1. The highest BCUT2D eigenvalue weighted by Crippen LogP contribution is 2.29. The Bertz CT molecular complexity index is 864. The first-order valence-electron chi connectivity index (χ1n) is 6.88. The number of carbonyl (C=O) groups excluding carboxylic acids is 1.